The van der Waals surface area contributed by atoms with Gasteiger partial charge in [0.05, 0.1) is 22.9 Å². The third-order valence-corrected chi connectivity index (χ3v) is 6.02. The van der Waals surface area contributed by atoms with Crippen molar-refractivity contribution in [2.24, 2.45) is 0 Å². The van der Waals surface area contributed by atoms with Gasteiger partial charge >= 0.3 is 0 Å². The number of hydrogen-bond acceptors (Lipinski definition) is 5. The number of sulfonamides is 1. The van der Waals surface area contributed by atoms with Gasteiger partial charge in [-0.25, -0.2) is 16.8 Å². The van der Waals surface area contributed by atoms with Crippen molar-refractivity contribution in [1.82, 2.24) is 5.32 Å². The van der Waals surface area contributed by atoms with Gasteiger partial charge in [0.25, 0.3) is 5.91 Å². The van der Waals surface area contributed by atoms with Crippen LogP contribution in [0.2, 0.25) is 0 Å². The molecule has 0 fully saturated rings. The third-order valence-electron chi connectivity index (χ3n) is 4.30. The Labute approximate surface area is 166 Å². The zero-order chi connectivity index (χ0) is 21.1. The average molecular weight is 425 g/mol. The highest BCUT2D eigenvalue weighted by Crippen LogP contribution is 2.23. The van der Waals surface area contributed by atoms with E-state index in [9.17, 15) is 21.6 Å². The molecular formula is C19H24N2O5S2. The molecule has 0 aliphatic carbocycles. The highest BCUT2D eigenvalue weighted by Gasteiger charge is 2.18. The molecule has 0 saturated carbocycles. The van der Waals surface area contributed by atoms with E-state index < -0.39 is 19.9 Å². The van der Waals surface area contributed by atoms with Crippen LogP contribution in [0.25, 0.3) is 0 Å². The van der Waals surface area contributed by atoms with Gasteiger partial charge in [-0.3, -0.25) is 9.52 Å². The Morgan fingerprint density at radius 2 is 1.61 bits per heavy atom. The largest absolute Gasteiger partial charge is 0.345 e. The number of amides is 1. The van der Waals surface area contributed by atoms with Crippen molar-refractivity contribution in [2.45, 2.75) is 31.2 Å². The van der Waals surface area contributed by atoms with Crippen LogP contribution in [0.3, 0.4) is 0 Å². The summed E-state index contributed by atoms with van der Waals surface area (Å²) in [6.07, 6.45) is 2.79. The fourth-order valence-corrected chi connectivity index (χ4v) is 4.05. The lowest BCUT2D eigenvalue weighted by atomic mass is 10.0. The molecule has 0 aliphatic heterocycles. The van der Waals surface area contributed by atoms with Crippen molar-refractivity contribution in [2.75, 3.05) is 17.2 Å². The number of hydrogen-bond donors (Lipinski definition) is 2. The van der Waals surface area contributed by atoms with E-state index in [0.717, 1.165) is 18.1 Å². The molecule has 0 spiro atoms. The summed E-state index contributed by atoms with van der Waals surface area (Å²) in [4.78, 5) is 13.0. The molecular weight excluding hydrogens is 400 g/mol. The minimum atomic E-state index is -3.46. The maximum atomic E-state index is 12.8. The molecule has 152 valence electrons. The first-order chi connectivity index (χ1) is 12.9. The SMILES string of the molecule is CC[C@@H](NC(=O)c1cccc(NS(C)(=O)=O)c1C)c1ccc(S(C)(=O)=O)cc1. The van der Waals surface area contributed by atoms with Crippen molar-refractivity contribution < 1.29 is 21.6 Å². The molecule has 7 nitrogen and oxygen atoms in total. The summed E-state index contributed by atoms with van der Waals surface area (Å²) in [5.41, 5.74) is 2.01. The predicted octanol–water partition coefficient (Wildman–Crippen LogP) is 2.65. The Balaban J connectivity index is 2.26. The van der Waals surface area contributed by atoms with Crippen LogP contribution >= 0.6 is 0 Å². The minimum Gasteiger partial charge on any atom is -0.345 e. The lowest BCUT2D eigenvalue weighted by molar-refractivity contribution is 0.0935. The van der Waals surface area contributed by atoms with Crippen molar-refractivity contribution in [1.29, 1.82) is 0 Å². The lowest BCUT2D eigenvalue weighted by Gasteiger charge is -2.19. The molecule has 2 N–H and O–H groups in total. The molecule has 0 saturated heterocycles. The lowest BCUT2D eigenvalue weighted by Crippen LogP contribution is -2.29. The zero-order valence-electron chi connectivity index (χ0n) is 16.2. The second kappa shape index (κ2) is 8.32. The topological polar surface area (TPSA) is 109 Å². The molecule has 0 aromatic heterocycles. The Morgan fingerprint density at radius 3 is 2.11 bits per heavy atom. The van der Waals surface area contributed by atoms with Crippen LogP contribution in [-0.2, 0) is 19.9 Å². The number of anilines is 1. The normalized spacial score (nSPS) is 13.0. The number of carbonyl (C=O) groups excluding carboxylic acids is 1. The van der Waals surface area contributed by atoms with Gasteiger partial charge in [-0.1, -0.05) is 25.1 Å². The molecule has 1 atom stereocenters. The molecule has 2 aromatic rings. The molecule has 2 aromatic carbocycles. The zero-order valence-corrected chi connectivity index (χ0v) is 17.8. The van der Waals surface area contributed by atoms with Gasteiger partial charge < -0.3 is 5.32 Å². The number of rotatable bonds is 7. The summed E-state index contributed by atoms with van der Waals surface area (Å²) >= 11 is 0. The number of benzene rings is 2. The summed E-state index contributed by atoms with van der Waals surface area (Å²) in [7, 11) is -6.75. The molecule has 2 rings (SSSR count). The molecule has 9 heteroatoms. The van der Waals surface area contributed by atoms with Gasteiger partial charge in [0.1, 0.15) is 0 Å². The monoisotopic (exact) mass is 424 g/mol. The fraction of sp³-hybridized carbons (Fsp3) is 0.316. The quantitative estimate of drug-likeness (QED) is 0.710. The first kappa shape index (κ1) is 21.9. The summed E-state index contributed by atoms with van der Waals surface area (Å²) in [6, 6.07) is 10.9. The van der Waals surface area contributed by atoms with E-state index in [4.69, 9.17) is 0 Å². The third kappa shape index (κ3) is 5.56. The number of nitrogens with one attached hydrogen (secondary N) is 2. The van der Waals surface area contributed by atoms with E-state index in [-0.39, 0.29) is 16.8 Å². The van der Waals surface area contributed by atoms with Gasteiger partial charge in [-0.05, 0) is 48.7 Å². The maximum absolute atomic E-state index is 12.8. The van der Waals surface area contributed by atoms with Crippen LogP contribution in [0.4, 0.5) is 5.69 Å². The van der Waals surface area contributed by atoms with Crippen LogP contribution in [0.1, 0.15) is 40.9 Å². The van der Waals surface area contributed by atoms with Crippen molar-refractivity contribution in [3.8, 4) is 0 Å². The summed E-state index contributed by atoms with van der Waals surface area (Å²) in [5, 5.41) is 2.92. The van der Waals surface area contributed by atoms with Crippen LogP contribution in [0.5, 0.6) is 0 Å². The van der Waals surface area contributed by atoms with E-state index in [1.807, 2.05) is 6.92 Å². The molecule has 0 heterocycles. The highest BCUT2D eigenvalue weighted by molar-refractivity contribution is 7.92. The van der Waals surface area contributed by atoms with E-state index in [2.05, 4.69) is 10.0 Å². The van der Waals surface area contributed by atoms with Gasteiger partial charge in [-0.15, -0.1) is 0 Å². The van der Waals surface area contributed by atoms with Gasteiger partial charge in [-0.2, -0.15) is 0 Å². The second-order valence-electron chi connectivity index (χ2n) is 6.63. The molecule has 0 aliphatic rings. The van der Waals surface area contributed by atoms with Gasteiger partial charge in [0, 0.05) is 11.8 Å². The molecule has 28 heavy (non-hydrogen) atoms. The Morgan fingerprint density at radius 1 is 1.00 bits per heavy atom. The summed E-state index contributed by atoms with van der Waals surface area (Å²) in [6.45, 7) is 3.58. The van der Waals surface area contributed by atoms with Crippen LogP contribution in [0, 0.1) is 6.92 Å². The number of sulfone groups is 1. The maximum Gasteiger partial charge on any atom is 0.252 e. The minimum absolute atomic E-state index is 0.216. The van der Waals surface area contributed by atoms with E-state index in [1.54, 1.807) is 37.3 Å². The fourth-order valence-electron chi connectivity index (χ4n) is 2.80. The van der Waals surface area contributed by atoms with Crippen LogP contribution < -0.4 is 10.0 Å². The Bertz CT molecular complexity index is 1080. The first-order valence-electron chi connectivity index (χ1n) is 8.60. The van der Waals surface area contributed by atoms with E-state index >= 15 is 0 Å². The van der Waals surface area contributed by atoms with Crippen LogP contribution in [-0.4, -0.2) is 35.3 Å². The van der Waals surface area contributed by atoms with E-state index in [1.165, 1.54) is 12.1 Å². The van der Waals surface area contributed by atoms with Gasteiger partial charge in [0.15, 0.2) is 9.84 Å². The Kier molecular flexibility index (Phi) is 6.51. The molecule has 0 radical (unpaired) electrons. The second-order valence-corrected chi connectivity index (χ2v) is 10.4. The summed E-state index contributed by atoms with van der Waals surface area (Å²) in [5.74, 6) is -0.339. The number of carbonyl (C=O) groups is 1. The first-order valence-corrected chi connectivity index (χ1v) is 12.4. The summed E-state index contributed by atoms with van der Waals surface area (Å²) < 4.78 is 48.6. The van der Waals surface area contributed by atoms with Crippen molar-refractivity contribution >= 4 is 31.5 Å². The van der Waals surface area contributed by atoms with Crippen molar-refractivity contribution in [3.05, 3.63) is 59.2 Å². The standard InChI is InChI=1S/C19H24N2O5S2/c1-5-17(14-9-11-15(12-10-14)27(3,23)24)20-19(22)16-7-6-8-18(13(16)2)21-28(4,25)26/h6-12,17,21H,5H2,1-4H3,(H,20,22)/t17-/m1/s1. The predicted molar refractivity (Wildman–Crippen MR) is 110 cm³/mol. The average Bonchev–Trinajstić information content (AvgIpc) is 2.59. The molecule has 0 unspecified atom stereocenters. The van der Waals surface area contributed by atoms with Gasteiger partial charge in [0.2, 0.25) is 10.0 Å². The van der Waals surface area contributed by atoms with E-state index in [0.29, 0.717) is 23.2 Å². The highest BCUT2D eigenvalue weighted by atomic mass is 32.2. The van der Waals surface area contributed by atoms with Crippen LogP contribution in [0.15, 0.2) is 47.4 Å². The Hall–Kier alpha value is -2.39. The van der Waals surface area contributed by atoms with Crippen molar-refractivity contribution in [3.63, 3.8) is 0 Å². The molecule has 1 amide bonds. The smallest absolute Gasteiger partial charge is 0.252 e. The molecule has 0 bridgehead atoms.